The molecule has 0 aliphatic carbocycles. The zero-order chi connectivity index (χ0) is 8.10. The average molecular weight is 170 g/mol. The summed E-state index contributed by atoms with van der Waals surface area (Å²) in [4.78, 5) is 7.98. The van der Waals surface area contributed by atoms with Crippen LogP contribution in [0.25, 0.3) is 0 Å². The molecule has 4 heteroatoms. The van der Waals surface area contributed by atoms with Crippen molar-refractivity contribution in [3.05, 3.63) is 18.1 Å². The van der Waals surface area contributed by atoms with Gasteiger partial charge in [0.1, 0.15) is 6.33 Å². The number of thioether (sulfide) groups is 1. The van der Waals surface area contributed by atoms with E-state index in [2.05, 4.69) is 9.97 Å². The lowest BCUT2D eigenvalue weighted by Gasteiger charge is -1.97. The summed E-state index contributed by atoms with van der Waals surface area (Å²) in [7, 11) is 0. The van der Waals surface area contributed by atoms with Crippen LogP contribution in [0.1, 0.15) is 5.69 Å². The van der Waals surface area contributed by atoms with Gasteiger partial charge < -0.3 is 5.11 Å². The summed E-state index contributed by atoms with van der Waals surface area (Å²) >= 11 is 1.53. The van der Waals surface area contributed by atoms with Gasteiger partial charge in [0.15, 0.2) is 0 Å². The first-order valence-electron chi connectivity index (χ1n) is 3.35. The number of hydrogen-bond donors (Lipinski definition) is 1. The fraction of sp³-hybridized carbons (Fsp3) is 0.429. The highest BCUT2D eigenvalue weighted by Gasteiger charge is 1.94. The Bertz CT molecular complexity index is 229. The van der Waals surface area contributed by atoms with Crippen LogP contribution in [-0.2, 0) is 0 Å². The predicted molar refractivity (Wildman–Crippen MR) is 44.6 cm³/mol. The van der Waals surface area contributed by atoms with E-state index in [0.717, 1.165) is 10.7 Å². The highest BCUT2D eigenvalue weighted by molar-refractivity contribution is 7.99. The number of aliphatic hydroxyl groups excluding tert-OH is 1. The second-order valence-electron chi connectivity index (χ2n) is 2.07. The Morgan fingerprint density at radius 2 is 2.36 bits per heavy atom. The molecule has 0 aliphatic heterocycles. The Morgan fingerprint density at radius 1 is 1.55 bits per heavy atom. The van der Waals surface area contributed by atoms with Crippen molar-refractivity contribution in [1.82, 2.24) is 9.97 Å². The Hall–Kier alpha value is -0.610. The molecule has 0 saturated carbocycles. The molecular weight excluding hydrogens is 160 g/mol. The van der Waals surface area contributed by atoms with Gasteiger partial charge in [0, 0.05) is 11.4 Å². The molecule has 0 aliphatic rings. The Morgan fingerprint density at radius 3 is 3.00 bits per heavy atom. The molecule has 1 aromatic rings. The number of aryl methyl sites for hydroxylation is 1. The van der Waals surface area contributed by atoms with Gasteiger partial charge >= 0.3 is 0 Å². The lowest BCUT2D eigenvalue weighted by Crippen LogP contribution is -1.89. The first kappa shape index (κ1) is 8.49. The minimum absolute atomic E-state index is 0.188. The van der Waals surface area contributed by atoms with Crippen molar-refractivity contribution in [1.29, 1.82) is 0 Å². The molecule has 11 heavy (non-hydrogen) atoms. The van der Waals surface area contributed by atoms with Gasteiger partial charge in [-0.25, -0.2) is 9.97 Å². The van der Waals surface area contributed by atoms with E-state index in [9.17, 15) is 0 Å². The summed E-state index contributed by atoms with van der Waals surface area (Å²) in [6.45, 7) is 2.11. The van der Waals surface area contributed by atoms with Gasteiger partial charge in [-0.2, -0.15) is 0 Å². The summed E-state index contributed by atoms with van der Waals surface area (Å²) in [5.41, 5.74) is 0.959. The van der Waals surface area contributed by atoms with Gasteiger partial charge in [-0.15, -0.1) is 11.8 Å². The molecule has 0 radical (unpaired) electrons. The van der Waals surface area contributed by atoms with E-state index in [4.69, 9.17) is 5.11 Å². The third-order valence-corrected chi connectivity index (χ3v) is 2.03. The van der Waals surface area contributed by atoms with Gasteiger partial charge in [0.2, 0.25) is 0 Å². The van der Waals surface area contributed by atoms with Crippen LogP contribution in [-0.4, -0.2) is 27.4 Å². The molecule has 1 heterocycles. The largest absolute Gasteiger partial charge is 0.396 e. The summed E-state index contributed by atoms with van der Waals surface area (Å²) in [5.74, 6) is 0.691. The fourth-order valence-corrected chi connectivity index (χ4v) is 1.34. The van der Waals surface area contributed by atoms with Crippen molar-refractivity contribution < 1.29 is 5.11 Å². The van der Waals surface area contributed by atoms with Crippen LogP contribution >= 0.6 is 11.8 Å². The maximum atomic E-state index is 8.53. The average Bonchev–Trinajstić information content (AvgIpc) is 2.01. The molecule has 1 rings (SSSR count). The van der Waals surface area contributed by atoms with Gasteiger partial charge in [0.25, 0.3) is 0 Å². The van der Waals surface area contributed by atoms with Crippen molar-refractivity contribution in [3.8, 4) is 0 Å². The molecule has 0 unspecified atom stereocenters. The standard InChI is InChI=1S/C7H10N2OS/c1-6-4-7(9-5-8-6)11-3-2-10/h4-5,10H,2-3H2,1H3. The van der Waals surface area contributed by atoms with Crippen LogP contribution in [0.3, 0.4) is 0 Å². The van der Waals surface area contributed by atoms with Gasteiger partial charge in [-0.1, -0.05) is 0 Å². The number of nitrogens with zero attached hydrogens (tertiary/aromatic N) is 2. The molecule has 1 aromatic heterocycles. The number of aliphatic hydroxyl groups is 1. The Labute approximate surface area is 69.9 Å². The fourth-order valence-electron chi connectivity index (χ4n) is 0.659. The predicted octanol–water partition coefficient (Wildman–Crippen LogP) is 0.869. The molecule has 60 valence electrons. The zero-order valence-corrected chi connectivity index (χ0v) is 7.14. The summed E-state index contributed by atoms with van der Waals surface area (Å²) in [6.07, 6.45) is 1.54. The lowest BCUT2D eigenvalue weighted by molar-refractivity contribution is 0.322. The molecule has 0 fully saturated rings. The zero-order valence-electron chi connectivity index (χ0n) is 6.32. The molecule has 3 nitrogen and oxygen atoms in total. The van der Waals surface area contributed by atoms with Crippen LogP contribution in [0.5, 0.6) is 0 Å². The molecule has 0 saturated heterocycles. The molecule has 0 aromatic carbocycles. The summed E-state index contributed by atoms with van der Waals surface area (Å²) in [6, 6.07) is 1.90. The van der Waals surface area contributed by atoms with Crippen LogP contribution in [0.2, 0.25) is 0 Å². The monoisotopic (exact) mass is 170 g/mol. The van der Waals surface area contributed by atoms with Crippen LogP contribution < -0.4 is 0 Å². The van der Waals surface area contributed by atoms with E-state index in [1.165, 1.54) is 18.1 Å². The molecule has 1 N–H and O–H groups in total. The molecule has 0 spiro atoms. The highest BCUT2D eigenvalue weighted by Crippen LogP contribution is 2.13. The minimum atomic E-state index is 0.188. The minimum Gasteiger partial charge on any atom is -0.396 e. The third kappa shape index (κ3) is 2.86. The van der Waals surface area contributed by atoms with E-state index >= 15 is 0 Å². The highest BCUT2D eigenvalue weighted by atomic mass is 32.2. The third-order valence-electron chi connectivity index (χ3n) is 1.12. The maximum absolute atomic E-state index is 8.53. The van der Waals surface area contributed by atoms with Crippen LogP contribution in [0.15, 0.2) is 17.4 Å². The molecule has 0 bridgehead atoms. The SMILES string of the molecule is Cc1cc(SCCO)ncn1. The van der Waals surface area contributed by atoms with E-state index in [1.54, 1.807) is 0 Å². The number of hydrogen-bond acceptors (Lipinski definition) is 4. The van der Waals surface area contributed by atoms with Crippen LogP contribution in [0.4, 0.5) is 0 Å². The van der Waals surface area contributed by atoms with Crippen molar-refractivity contribution in [2.45, 2.75) is 11.9 Å². The molecular formula is C7H10N2OS. The smallest absolute Gasteiger partial charge is 0.116 e. The molecule has 0 atom stereocenters. The Balaban J connectivity index is 2.56. The second kappa shape index (κ2) is 4.31. The topological polar surface area (TPSA) is 46.0 Å². The van der Waals surface area contributed by atoms with E-state index in [0.29, 0.717) is 5.75 Å². The Kier molecular flexibility index (Phi) is 3.32. The van der Waals surface area contributed by atoms with E-state index < -0.39 is 0 Å². The van der Waals surface area contributed by atoms with Crippen molar-refractivity contribution in [3.63, 3.8) is 0 Å². The van der Waals surface area contributed by atoms with E-state index in [1.807, 2.05) is 13.0 Å². The molecule has 0 amide bonds. The van der Waals surface area contributed by atoms with Crippen LogP contribution in [0, 0.1) is 6.92 Å². The lowest BCUT2D eigenvalue weighted by atomic mass is 10.5. The van der Waals surface area contributed by atoms with Gasteiger partial charge in [0.05, 0.1) is 11.6 Å². The number of rotatable bonds is 3. The van der Waals surface area contributed by atoms with Gasteiger partial charge in [-0.05, 0) is 13.0 Å². The first-order chi connectivity index (χ1) is 5.33. The second-order valence-corrected chi connectivity index (χ2v) is 3.18. The maximum Gasteiger partial charge on any atom is 0.116 e. The number of aromatic nitrogens is 2. The van der Waals surface area contributed by atoms with Gasteiger partial charge in [-0.3, -0.25) is 0 Å². The summed E-state index contributed by atoms with van der Waals surface area (Å²) in [5, 5.41) is 9.46. The van der Waals surface area contributed by atoms with Crippen molar-refractivity contribution >= 4 is 11.8 Å². The van der Waals surface area contributed by atoms with Crippen molar-refractivity contribution in [2.24, 2.45) is 0 Å². The van der Waals surface area contributed by atoms with Crippen molar-refractivity contribution in [2.75, 3.05) is 12.4 Å². The normalized spacial score (nSPS) is 10.0. The first-order valence-corrected chi connectivity index (χ1v) is 4.34. The summed E-state index contributed by atoms with van der Waals surface area (Å²) < 4.78 is 0. The van der Waals surface area contributed by atoms with E-state index in [-0.39, 0.29) is 6.61 Å². The quantitative estimate of drug-likeness (QED) is 0.540.